The van der Waals surface area contributed by atoms with Crippen molar-refractivity contribution in [2.45, 2.75) is 6.92 Å². The van der Waals surface area contributed by atoms with Crippen LogP contribution in [0.4, 0.5) is 10.5 Å². The summed E-state index contributed by atoms with van der Waals surface area (Å²) in [6.07, 6.45) is -0.516. The first kappa shape index (κ1) is 10.1. The smallest absolute Gasteiger partial charge is 0.411 e. The maximum absolute atomic E-state index is 10.9. The molecule has 1 amide bonds. The van der Waals surface area contributed by atoms with E-state index in [1.165, 1.54) is 7.11 Å². The lowest BCUT2D eigenvalue weighted by Crippen LogP contribution is -2.11. The van der Waals surface area contributed by atoms with Gasteiger partial charge in [-0.1, -0.05) is 0 Å². The summed E-state index contributed by atoms with van der Waals surface area (Å²) in [5, 5.41) is 11.2. The van der Waals surface area contributed by atoms with Gasteiger partial charge in [0.1, 0.15) is 0 Å². The maximum Gasteiger partial charge on any atom is 0.411 e. The van der Waals surface area contributed by atoms with E-state index in [-0.39, 0.29) is 0 Å². The number of aryl methyl sites for hydroxylation is 1. The highest BCUT2D eigenvalue weighted by molar-refractivity contribution is 5.85. The SMILES string of the molecule is COC(=O)Nc1ccc(C#N)cc1C. The number of anilines is 1. The van der Waals surface area contributed by atoms with E-state index in [9.17, 15) is 4.79 Å². The molecule has 1 aromatic carbocycles. The normalized spacial score (nSPS) is 8.93. The lowest BCUT2D eigenvalue weighted by molar-refractivity contribution is 0.187. The molecule has 0 bridgehead atoms. The number of hydrogen-bond acceptors (Lipinski definition) is 3. The van der Waals surface area contributed by atoms with Crippen molar-refractivity contribution in [3.05, 3.63) is 29.3 Å². The highest BCUT2D eigenvalue weighted by Crippen LogP contribution is 2.15. The molecule has 0 saturated heterocycles. The number of hydrogen-bond donors (Lipinski definition) is 1. The van der Waals surface area contributed by atoms with Crippen LogP contribution < -0.4 is 5.32 Å². The van der Waals surface area contributed by atoms with Gasteiger partial charge in [0.25, 0.3) is 0 Å². The van der Waals surface area contributed by atoms with Gasteiger partial charge in [-0.25, -0.2) is 4.79 Å². The predicted molar refractivity (Wildman–Crippen MR) is 51.9 cm³/mol. The molecule has 0 atom stereocenters. The molecule has 0 spiro atoms. The second kappa shape index (κ2) is 4.28. The van der Waals surface area contributed by atoms with E-state index in [4.69, 9.17) is 5.26 Å². The number of nitrogens with one attached hydrogen (secondary N) is 1. The first-order chi connectivity index (χ1) is 6.67. The number of rotatable bonds is 1. The zero-order valence-electron chi connectivity index (χ0n) is 8.00. The minimum absolute atomic E-state index is 0.516. The zero-order chi connectivity index (χ0) is 10.6. The molecule has 1 N–H and O–H groups in total. The lowest BCUT2D eigenvalue weighted by atomic mass is 10.1. The van der Waals surface area contributed by atoms with E-state index in [1.54, 1.807) is 18.2 Å². The fourth-order valence-electron chi connectivity index (χ4n) is 1.03. The first-order valence-corrected chi connectivity index (χ1v) is 4.03. The van der Waals surface area contributed by atoms with Gasteiger partial charge in [-0.05, 0) is 30.7 Å². The van der Waals surface area contributed by atoms with E-state index in [2.05, 4.69) is 10.1 Å². The number of nitrogens with zero attached hydrogens (tertiary/aromatic N) is 1. The molecule has 14 heavy (non-hydrogen) atoms. The molecular weight excluding hydrogens is 180 g/mol. The van der Waals surface area contributed by atoms with Crippen LogP contribution in [0.25, 0.3) is 0 Å². The van der Waals surface area contributed by atoms with Crippen molar-refractivity contribution < 1.29 is 9.53 Å². The Morgan fingerprint density at radius 1 is 1.57 bits per heavy atom. The second-order valence-corrected chi connectivity index (χ2v) is 2.76. The van der Waals surface area contributed by atoms with Gasteiger partial charge < -0.3 is 4.74 Å². The summed E-state index contributed by atoms with van der Waals surface area (Å²) in [7, 11) is 1.30. The number of ether oxygens (including phenoxy) is 1. The molecule has 0 fully saturated rings. The van der Waals surface area contributed by atoms with Gasteiger partial charge in [0.05, 0.1) is 18.7 Å². The lowest BCUT2D eigenvalue weighted by Gasteiger charge is -2.06. The average Bonchev–Trinajstić information content (AvgIpc) is 2.20. The van der Waals surface area contributed by atoms with Crippen LogP contribution in [0.1, 0.15) is 11.1 Å². The van der Waals surface area contributed by atoms with Crippen molar-refractivity contribution in [1.29, 1.82) is 5.26 Å². The summed E-state index contributed by atoms with van der Waals surface area (Å²) in [5.74, 6) is 0. The number of nitriles is 1. The molecule has 0 aromatic heterocycles. The Kier molecular flexibility index (Phi) is 3.08. The number of methoxy groups -OCH3 is 1. The quantitative estimate of drug-likeness (QED) is 0.737. The molecule has 4 heteroatoms. The highest BCUT2D eigenvalue weighted by Gasteiger charge is 2.03. The molecule has 0 unspecified atom stereocenters. The molecule has 0 aliphatic carbocycles. The molecule has 0 aliphatic rings. The van der Waals surface area contributed by atoms with Crippen LogP contribution in [0.2, 0.25) is 0 Å². The minimum Gasteiger partial charge on any atom is -0.453 e. The molecule has 4 nitrogen and oxygen atoms in total. The van der Waals surface area contributed by atoms with E-state index < -0.39 is 6.09 Å². The summed E-state index contributed by atoms with van der Waals surface area (Å²) in [6.45, 7) is 1.81. The number of carbonyl (C=O) groups excluding carboxylic acids is 1. The van der Waals surface area contributed by atoms with Crippen LogP contribution in [0, 0.1) is 18.3 Å². The van der Waals surface area contributed by atoms with Crippen molar-refractivity contribution in [2.24, 2.45) is 0 Å². The fourth-order valence-corrected chi connectivity index (χ4v) is 1.03. The van der Waals surface area contributed by atoms with Crippen LogP contribution in [-0.4, -0.2) is 13.2 Å². The third-order valence-electron chi connectivity index (χ3n) is 1.78. The largest absolute Gasteiger partial charge is 0.453 e. The van der Waals surface area contributed by atoms with Crippen LogP contribution in [0.15, 0.2) is 18.2 Å². The van der Waals surface area contributed by atoms with Gasteiger partial charge in [-0.2, -0.15) is 5.26 Å². The van der Waals surface area contributed by atoms with Gasteiger partial charge in [0.2, 0.25) is 0 Å². The Balaban J connectivity index is 2.90. The van der Waals surface area contributed by atoms with Crippen LogP contribution in [-0.2, 0) is 4.74 Å². The predicted octanol–water partition coefficient (Wildman–Crippen LogP) is 2.04. The van der Waals surface area contributed by atoms with Crippen LogP contribution in [0.3, 0.4) is 0 Å². The van der Waals surface area contributed by atoms with Crippen molar-refractivity contribution >= 4 is 11.8 Å². The Hall–Kier alpha value is -2.02. The van der Waals surface area contributed by atoms with Gasteiger partial charge in [0, 0.05) is 5.69 Å². The van der Waals surface area contributed by atoms with E-state index in [0.29, 0.717) is 11.3 Å². The Bertz CT molecular complexity index is 394. The summed E-state index contributed by atoms with van der Waals surface area (Å²) in [4.78, 5) is 10.9. The molecule has 72 valence electrons. The average molecular weight is 190 g/mol. The standard InChI is InChI=1S/C10H10N2O2/c1-7-5-8(6-11)3-4-9(7)12-10(13)14-2/h3-5H,1-2H3,(H,12,13). The summed E-state index contributed by atoms with van der Waals surface area (Å²) in [5.41, 5.74) is 2.04. The van der Waals surface area contributed by atoms with E-state index in [0.717, 1.165) is 5.56 Å². The summed E-state index contributed by atoms with van der Waals surface area (Å²) < 4.78 is 4.45. The monoisotopic (exact) mass is 190 g/mol. The molecule has 1 aromatic rings. The van der Waals surface area contributed by atoms with Gasteiger partial charge in [-0.3, -0.25) is 5.32 Å². The Morgan fingerprint density at radius 3 is 2.79 bits per heavy atom. The van der Waals surface area contributed by atoms with Crippen LogP contribution >= 0.6 is 0 Å². The van der Waals surface area contributed by atoms with Crippen molar-refractivity contribution in [3.63, 3.8) is 0 Å². The summed E-state index contributed by atoms with van der Waals surface area (Å²) >= 11 is 0. The number of benzene rings is 1. The third-order valence-corrected chi connectivity index (χ3v) is 1.78. The van der Waals surface area contributed by atoms with Crippen molar-refractivity contribution in [3.8, 4) is 6.07 Å². The highest BCUT2D eigenvalue weighted by atomic mass is 16.5. The third kappa shape index (κ3) is 2.23. The minimum atomic E-state index is -0.516. The molecule has 1 rings (SSSR count). The molecular formula is C10H10N2O2. The summed E-state index contributed by atoms with van der Waals surface area (Å²) in [6, 6.07) is 7.03. The Labute approximate surface area is 82.1 Å². The van der Waals surface area contributed by atoms with Crippen molar-refractivity contribution in [1.82, 2.24) is 0 Å². The molecule has 0 radical (unpaired) electrons. The Morgan fingerprint density at radius 2 is 2.29 bits per heavy atom. The maximum atomic E-state index is 10.9. The first-order valence-electron chi connectivity index (χ1n) is 4.03. The van der Waals surface area contributed by atoms with Gasteiger partial charge in [-0.15, -0.1) is 0 Å². The molecule has 0 aliphatic heterocycles. The fraction of sp³-hybridized carbons (Fsp3) is 0.200. The van der Waals surface area contributed by atoms with Crippen LogP contribution in [0.5, 0.6) is 0 Å². The molecule has 0 heterocycles. The number of carbonyl (C=O) groups is 1. The topological polar surface area (TPSA) is 62.1 Å². The molecule has 0 saturated carbocycles. The second-order valence-electron chi connectivity index (χ2n) is 2.76. The van der Waals surface area contributed by atoms with Gasteiger partial charge >= 0.3 is 6.09 Å². The van der Waals surface area contributed by atoms with Crippen molar-refractivity contribution in [2.75, 3.05) is 12.4 Å². The van der Waals surface area contributed by atoms with E-state index >= 15 is 0 Å². The number of amides is 1. The zero-order valence-corrected chi connectivity index (χ0v) is 8.00. The van der Waals surface area contributed by atoms with E-state index in [1.807, 2.05) is 13.0 Å². The van der Waals surface area contributed by atoms with Gasteiger partial charge in [0.15, 0.2) is 0 Å².